The van der Waals surface area contributed by atoms with Crippen LogP contribution in [0.4, 0.5) is 4.39 Å². The van der Waals surface area contributed by atoms with Crippen LogP contribution in [0, 0.1) is 11.2 Å². The zero-order valence-corrected chi connectivity index (χ0v) is 18.8. The van der Waals surface area contributed by atoms with E-state index in [0.29, 0.717) is 31.9 Å². The van der Waals surface area contributed by atoms with Gasteiger partial charge in [0.15, 0.2) is 9.84 Å². The zero-order valence-electron chi connectivity index (χ0n) is 16.4. The average molecular weight is 468 g/mol. The molecule has 1 aromatic carbocycles. The fourth-order valence-corrected chi connectivity index (χ4v) is 6.67. The standard InChI is InChI=1S/C20H19ClFN3O3S2/c1-19(2)18(23)25-20(3,10-30(19,26)27)16-13(21)8-15(29-16)14-9-28-17(24-14)11-4-6-12(22)7-5-11/h4-9H,10H2,1-3H3,(H2,23,25)/t20-/m0/s1. The highest BCUT2D eigenvalue weighted by molar-refractivity contribution is 7.93. The van der Waals surface area contributed by atoms with Crippen molar-refractivity contribution >= 4 is 38.6 Å². The van der Waals surface area contributed by atoms with Crippen LogP contribution in [-0.2, 0) is 15.4 Å². The maximum atomic E-state index is 13.1. The van der Waals surface area contributed by atoms with Gasteiger partial charge < -0.3 is 9.73 Å². The molecule has 3 aromatic rings. The molecule has 4 rings (SSSR count). The molecule has 6 nitrogen and oxygen atoms in total. The molecule has 1 aliphatic heterocycles. The molecule has 0 unspecified atom stereocenters. The van der Waals surface area contributed by atoms with Gasteiger partial charge in [0.1, 0.15) is 28.4 Å². The van der Waals surface area contributed by atoms with E-state index in [-0.39, 0.29) is 17.4 Å². The van der Waals surface area contributed by atoms with Gasteiger partial charge in [-0.15, -0.1) is 11.3 Å². The second-order valence-electron chi connectivity index (χ2n) is 7.93. The minimum absolute atomic E-state index is 0.0673. The molecule has 1 fully saturated rings. The van der Waals surface area contributed by atoms with Crippen molar-refractivity contribution in [2.24, 2.45) is 0 Å². The summed E-state index contributed by atoms with van der Waals surface area (Å²) in [5.74, 6) is -0.266. The van der Waals surface area contributed by atoms with E-state index in [0.717, 1.165) is 0 Å². The molecule has 2 N–H and O–H groups in total. The van der Waals surface area contributed by atoms with Gasteiger partial charge in [-0.25, -0.2) is 17.8 Å². The van der Waals surface area contributed by atoms with Crippen molar-refractivity contribution in [1.29, 1.82) is 5.41 Å². The maximum Gasteiger partial charge on any atom is 0.226 e. The SMILES string of the molecule is CC1(C)C(=N)N[C@](C)(c2sc(-c3coc(-c4ccc(F)cc4)n3)cc2Cl)CS1(=O)=O. The molecule has 3 heterocycles. The van der Waals surface area contributed by atoms with Crippen molar-refractivity contribution in [2.45, 2.75) is 31.1 Å². The molecule has 158 valence electrons. The summed E-state index contributed by atoms with van der Waals surface area (Å²) in [6.45, 7) is 4.76. The van der Waals surface area contributed by atoms with Crippen molar-refractivity contribution in [1.82, 2.24) is 10.3 Å². The minimum atomic E-state index is -3.58. The summed E-state index contributed by atoms with van der Waals surface area (Å²) in [5, 5.41) is 11.7. The highest BCUT2D eigenvalue weighted by atomic mass is 35.5. The fourth-order valence-electron chi connectivity index (χ4n) is 3.28. The summed E-state index contributed by atoms with van der Waals surface area (Å²) in [6, 6.07) is 7.50. The molecular weight excluding hydrogens is 449 g/mol. The van der Waals surface area contributed by atoms with Gasteiger partial charge in [-0.2, -0.15) is 0 Å². The molecule has 0 radical (unpaired) electrons. The van der Waals surface area contributed by atoms with Crippen LogP contribution in [0.2, 0.25) is 5.02 Å². The number of oxazole rings is 1. The third-order valence-electron chi connectivity index (χ3n) is 5.29. The predicted octanol–water partition coefficient (Wildman–Crippen LogP) is 4.85. The van der Waals surface area contributed by atoms with Crippen LogP contribution < -0.4 is 5.32 Å². The number of nitrogens with zero attached hydrogens (tertiary/aromatic N) is 1. The lowest BCUT2D eigenvalue weighted by Gasteiger charge is -2.42. The smallest absolute Gasteiger partial charge is 0.226 e. The Morgan fingerprint density at radius 3 is 2.57 bits per heavy atom. The third kappa shape index (κ3) is 3.34. The van der Waals surface area contributed by atoms with E-state index in [1.807, 2.05) is 0 Å². The number of amidine groups is 1. The van der Waals surface area contributed by atoms with E-state index in [1.54, 1.807) is 25.1 Å². The first-order valence-electron chi connectivity index (χ1n) is 9.04. The molecule has 1 atom stereocenters. The normalized spacial score (nSPS) is 22.6. The number of nitrogens with one attached hydrogen (secondary N) is 2. The van der Waals surface area contributed by atoms with Gasteiger partial charge in [-0.1, -0.05) is 11.6 Å². The Morgan fingerprint density at radius 1 is 1.27 bits per heavy atom. The van der Waals surface area contributed by atoms with Crippen molar-refractivity contribution in [3.8, 4) is 22.0 Å². The maximum absolute atomic E-state index is 13.1. The van der Waals surface area contributed by atoms with Gasteiger partial charge in [0, 0.05) is 5.56 Å². The Bertz CT molecular complexity index is 1250. The van der Waals surface area contributed by atoms with Crippen molar-refractivity contribution in [3.05, 3.63) is 52.3 Å². The minimum Gasteiger partial charge on any atom is -0.444 e. The van der Waals surface area contributed by atoms with Gasteiger partial charge in [0.25, 0.3) is 0 Å². The van der Waals surface area contributed by atoms with Gasteiger partial charge >= 0.3 is 0 Å². The number of hydrogen-bond donors (Lipinski definition) is 2. The lowest BCUT2D eigenvalue weighted by Crippen LogP contribution is -2.63. The predicted molar refractivity (Wildman–Crippen MR) is 116 cm³/mol. The number of rotatable bonds is 3. The van der Waals surface area contributed by atoms with Crippen molar-refractivity contribution in [2.75, 3.05) is 5.75 Å². The van der Waals surface area contributed by atoms with E-state index >= 15 is 0 Å². The van der Waals surface area contributed by atoms with Crippen molar-refractivity contribution in [3.63, 3.8) is 0 Å². The first-order valence-corrected chi connectivity index (χ1v) is 11.9. The first kappa shape index (κ1) is 21.0. The van der Waals surface area contributed by atoms with Gasteiger partial charge in [0.05, 0.1) is 26.1 Å². The molecule has 30 heavy (non-hydrogen) atoms. The lowest BCUT2D eigenvalue weighted by atomic mass is 10.00. The Morgan fingerprint density at radius 2 is 1.93 bits per heavy atom. The lowest BCUT2D eigenvalue weighted by molar-refractivity contribution is 0.450. The molecule has 0 saturated carbocycles. The van der Waals surface area contributed by atoms with Crippen LogP contribution in [0.1, 0.15) is 25.6 Å². The molecule has 0 bridgehead atoms. The molecule has 2 aromatic heterocycles. The topological polar surface area (TPSA) is 96.1 Å². The number of halogens is 2. The summed E-state index contributed by atoms with van der Waals surface area (Å²) in [6.07, 6.45) is 1.48. The zero-order chi connectivity index (χ0) is 21.9. The second kappa shape index (κ2) is 6.90. The van der Waals surface area contributed by atoms with E-state index in [4.69, 9.17) is 21.4 Å². The van der Waals surface area contributed by atoms with Crippen LogP contribution >= 0.6 is 22.9 Å². The molecule has 1 saturated heterocycles. The summed E-state index contributed by atoms with van der Waals surface area (Å²) in [4.78, 5) is 5.76. The van der Waals surface area contributed by atoms with Gasteiger partial charge in [-0.3, -0.25) is 5.41 Å². The molecule has 10 heteroatoms. The average Bonchev–Trinajstić information content (AvgIpc) is 3.27. The van der Waals surface area contributed by atoms with E-state index < -0.39 is 20.1 Å². The summed E-state index contributed by atoms with van der Waals surface area (Å²) < 4.78 is 43.0. The summed E-state index contributed by atoms with van der Waals surface area (Å²) in [5.41, 5.74) is 0.132. The first-order chi connectivity index (χ1) is 13.9. The number of hydrogen-bond acceptors (Lipinski definition) is 6. The van der Waals surface area contributed by atoms with Crippen LogP contribution in [0.5, 0.6) is 0 Å². The Labute approximate surface area is 182 Å². The molecule has 0 aliphatic carbocycles. The highest BCUT2D eigenvalue weighted by Crippen LogP contribution is 2.44. The van der Waals surface area contributed by atoms with Crippen molar-refractivity contribution < 1.29 is 17.2 Å². The Balaban J connectivity index is 1.69. The van der Waals surface area contributed by atoms with Crippen LogP contribution in [-0.4, -0.2) is 29.7 Å². The van der Waals surface area contributed by atoms with Gasteiger partial charge in [-0.05, 0) is 51.1 Å². The van der Waals surface area contributed by atoms with Gasteiger partial charge in [0.2, 0.25) is 5.89 Å². The largest absolute Gasteiger partial charge is 0.444 e. The quantitative estimate of drug-likeness (QED) is 0.573. The highest BCUT2D eigenvalue weighted by Gasteiger charge is 2.51. The van der Waals surface area contributed by atoms with E-state index in [2.05, 4.69) is 10.3 Å². The Kier molecular flexibility index (Phi) is 4.83. The number of benzene rings is 1. The number of thiophene rings is 1. The van der Waals surface area contributed by atoms with E-state index in [9.17, 15) is 12.8 Å². The van der Waals surface area contributed by atoms with Crippen LogP contribution in [0.25, 0.3) is 22.0 Å². The summed E-state index contributed by atoms with van der Waals surface area (Å²) in [7, 11) is -3.58. The second-order valence-corrected chi connectivity index (χ2v) is 11.9. The van der Waals surface area contributed by atoms with Crippen LogP contribution in [0.3, 0.4) is 0 Å². The molecule has 1 aliphatic rings. The monoisotopic (exact) mass is 467 g/mol. The molecule has 0 amide bonds. The van der Waals surface area contributed by atoms with Crippen LogP contribution in [0.15, 0.2) is 41.0 Å². The summed E-state index contributed by atoms with van der Waals surface area (Å²) >= 11 is 7.77. The number of aromatic nitrogens is 1. The Hall–Kier alpha value is -2.23. The number of sulfone groups is 1. The molecule has 0 spiro atoms. The fraction of sp³-hybridized carbons (Fsp3) is 0.300. The molecular formula is C20H19ClFN3O3S2. The third-order valence-corrected chi connectivity index (χ3v) is 9.84. The van der Waals surface area contributed by atoms with E-state index in [1.165, 1.54) is 43.6 Å².